The summed E-state index contributed by atoms with van der Waals surface area (Å²) in [4.78, 5) is 2.36. The molecule has 0 radical (unpaired) electrons. The third-order valence-corrected chi connectivity index (χ3v) is 3.04. The average molecular weight is 220 g/mol. The van der Waals surface area contributed by atoms with Crippen molar-refractivity contribution >= 4 is 0 Å². The molecule has 0 aliphatic heterocycles. The van der Waals surface area contributed by atoms with Crippen LogP contribution in [-0.4, -0.2) is 31.1 Å². The van der Waals surface area contributed by atoms with Gasteiger partial charge in [0.05, 0.1) is 0 Å². The van der Waals surface area contributed by atoms with Crippen LogP contribution in [-0.2, 0) is 6.54 Å². The van der Waals surface area contributed by atoms with Crippen molar-refractivity contribution in [2.75, 3.05) is 20.6 Å². The third kappa shape index (κ3) is 3.95. The van der Waals surface area contributed by atoms with E-state index in [1.54, 1.807) is 0 Å². The second-order valence-electron chi connectivity index (χ2n) is 5.23. The fourth-order valence-electron chi connectivity index (χ4n) is 1.89. The zero-order valence-electron chi connectivity index (χ0n) is 11.2. The molecule has 0 saturated carbocycles. The van der Waals surface area contributed by atoms with Crippen LogP contribution in [0.1, 0.15) is 25.0 Å². The van der Waals surface area contributed by atoms with Crippen molar-refractivity contribution in [2.24, 2.45) is 0 Å². The Balaban J connectivity index is 2.58. The Labute approximate surface area is 99.7 Å². The first-order valence-corrected chi connectivity index (χ1v) is 5.86. The summed E-state index contributed by atoms with van der Waals surface area (Å²) < 4.78 is 0. The first-order chi connectivity index (χ1) is 7.44. The molecule has 16 heavy (non-hydrogen) atoms. The molecule has 2 nitrogen and oxygen atoms in total. The van der Waals surface area contributed by atoms with Gasteiger partial charge in [0.1, 0.15) is 0 Å². The number of hydrogen-bond donors (Lipinski definition) is 1. The molecule has 0 saturated heterocycles. The third-order valence-electron chi connectivity index (χ3n) is 3.04. The Morgan fingerprint density at radius 2 is 1.88 bits per heavy atom. The summed E-state index contributed by atoms with van der Waals surface area (Å²) in [6, 6.07) is 8.58. The van der Waals surface area contributed by atoms with Crippen molar-refractivity contribution in [1.82, 2.24) is 10.2 Å². The van der Waals surface area contributed by atoms with E-state index in [1.807, 2.05) is 7.05 Å². The summed E-state index contributed by atoms with van der Waals surface area (Å²) in [5.41, 5.74) is 2.95. The van der Waals surface area contributed by atoms with Crippen LogP contribution in [0, 0.1) is 6.92 Å². The van der Waals surface area contributed by atoms with Crippen LogP contribution in [0.2, 0.25) is 0 Å². The quantitative estimate of drug-likeness (QED) is 0.820. The molecular formula is C14H24N2. The summed E-state index contributed by atoms with van der Waals surface area (Å²) in [6.45, 7) is 8.67. The monoisotopic (exact) mass is 220 g/mol. The molecule has 1 rings (SSSR count). The second-order valence-corrected chi connectivity index (χ2v) is 5.23. The van der Waals surface area contributed by atoms with Gasteiger partial charge in [-0.2, -0.15) is 0 Å². The van der Waals surface area contributed by atoms with Crippen LogP contribution in [0.5, 0.6) is 0 Å². The average Bonchev–Trinajstić information content (AvgIpc) is 2.21. The van der Waals surface area contributed by atoms with Gasteiger partial charge in [-0.25, -0.2) is 0 Å². The molecule has 2 heteroatoms. The number of nitrogens with one attached hydrogen (secondary N) is 1. The summed E-state index contributed by atoms with van der Waals surface area (Å²) >= 11 is 0. The van der Waals surface area contributed by atoms with Crippen molar-refractivity contribution in [2.45, 2.75) is 32.9 Å². The topological polar surface area (TPSA) is 15.3 Å². The Kier molecular flexibility index (Phi) is 4.51. The van der Waals surface area contributed by atoms with Gasteiger partial charge >= 0.3 is 0 Å². The molecule has 0 amide bonds. The van der Waals surface area contributed by atoms with Gasteiger partial charge in [-0.15, -0.1) is 0 Å². The summed E-state index contributed by atoms with van der Waals surface area (Å²) in [6.07, 6.45) is 0. The molecule has 0 bridgehead atoms. The van der Waals surface area contributed by atoms with Crippen molar-refractivity contribution in [1.29, 1.82) is 0 Å². The lowest BCUT2D eigenvalue weighted by molar-refractivity contribution is 0.238. The first-order valence-electron chi connectivity index (χ1n) is 5.86. The number of rotatable bonds is 5. The maximum atomic E-state index is 3.33. The van der Waals surface area contributed by atoms with Crippen LogP contribution in [0.25, 0.3) is 0 Å². The van der Waals surface area contributed by atoms with E-state index in [-0.39, 0.29) is 5.54 Å². The summed E-state index contributed by atoms with van der Waals surface area (Å²) in [5, 5.41) is 3.33. The van der Waals surface area contributed by atoms with Crippen molar-refractivity contribution < 1.29 is 0 Å². The van der Waals surface area contributed by atoms with Gasteiger partial charge < -0.3 is 10.2 Å². The molecule has 0 unspecified atom stereocenters. The predicted molar refractivity (Wildman–Crippen MR) is 70.7 cm³/mol. The van der Waals surface area contributed by atoms with Crippen LogP contribution in [0.4, 0.5) is 0 Å². The Morgan fingerprint density at radius 1 is 1.25 bits per heavy atom. The van der Waals surface area contributed by atoms with Gasteiger partial charge in [-0.1, -0.05) is 24.3 Å². The maximum Gasteiger partial charge on any atom is 0.0249 e. The van der Waals surface area contributed by atoms with Crippen LogP contribution >= 0.6 is 0 Å². The van der Waals surface area contributed by atoms with Gasteiger partial charge in [0.15, 0.2) is 0 Å². The minimum atomic E-state index is 0.164. The lowest BCUT2D eigenvalue weighted by Gasteiger charge is -2.30. The largest absolute Gasteiger partial charge is 0.314 e. The first kappa shape index (κ1) is 13.2. The zero-order valence-corrected chi connectivity index (χ0v) is 11.2. The highest BCUT2D eigenvalue weighted by Crippen LogP contribution is 2.11. The molecule has 0 aliphatic carbocycles. The number of hydrogen-bond acceptors (Lipinski definition) is 2. The fraction of sp³-hybridized carbons (Fsp3) is 0.571. The Hall–Kier alpha value is -0.860. The second kappa shape index (κ2) is 5.46. The predicted octanol–water partition coefficient (Wildman–Crippen LogP) is 2.42. The highest BCUT2D eigenvalue weighted by atomic mass is 15.1. The normalized spacial score (nSPS) is 12.1. The van der Waals surface area contributed by atoms with E-state index in [9.17, 15) is 0 Å². The van der Waals surface area contributed by atoms with E-state index in [1.165, 1.54) is 11.1 Å². The lowest BCUT2D eigenvalue weighted by Crippen LogP contribution is -2.46. The zero-order chi connectivity index (χ0) is 12.2. The molecule has 1 aromatic rings. The van der Waals surface area contributed by atoms with Gasteiger partial charge in [0, 0.05) is 18.6 Å². The van der Waals surface area contributed by atoms with Gasteiger partial charge in [-0.05, 0) is 46.0 Å². The van der Waals surface area contributed by atoms with Crippen molar-refractivity contribution in [3.8, 4) is 0 Å². The summed E-state index contributed by atoms with van der Waals surface area (Å²) in [5.74, 6) is 0. The molecule has 0 atom stereocenters. The van der Waals surface area contributed by atoms with Crippen LogP contribution < -0.4 is 5.32 Å². The van der Waals surface area contributed by atoms with Gasteiger partial charge in [0.25, 0.3) is 0 Å². The molecular weight excluding hydrogens is 196 g/mol. The fourth-order valence-corrected chi connectivity index (χ4v) is 1.89. The van der Waals surface area contributed by atoms with Crippen LogP contribution in [0.3, 0.4) is 0 Å². The molecule has 1 N–H and O–H groups in total. The maximum absolute atomic E-state index is 3.33. The van der Waals surface area contributed by atoms with E-state index in [0.717, 1.165) is 13.1 Å². The highest BCUT2D eigenvalue weighted by molar-refractivity contribution is 5.25. The van der Waals surface area contributed by atoms with E-state index in [4.69, 9.17) is 0 Å². The van der Waals surface area contributed by atoms with Gasteiger partial charge in [0.2, 0.25) is 0 Å². The number of benzene rings is 1. The SMILES string of the molecule is CNC(C)(C)CN(C)Cc1ccccc1C. The molecule has 90 valence electrons. The minimum absolute atomic E-state index is 0.164. The van der Waals surface area contributed by atoms with E-state index in [2.05, 4.69) is 62.3 Å². The molecule has 0 fully saturated rings. The van der Waals surface area contributed by atoms with E-state index >= 15 is 0 Å². The van der Waals surface area contributed by atoms with Crippen molar-refractivity contribution in [3.05, 3.63) is 35.4 Å². The Morgan fingerprint density at radius 3 is 2.44 bits per heavy atom. The smallest absolute Gasteiger partial charge is 0.0249 e. The van der Waals surface area contributed by atoms with E-state index in [0.29, 0.717) is 0 Å². The Bertz CT molecular complexity index is 331. The molecule has 1 aromatic carbocycles. The standard InChI is InChI=1S/C14H24N2/c1-12-8-6-7-9-13(12)10-16(5)11-14(2,3)15-4/h6-9,15H,10-11H2,1-5H3. The number of aryl methyl sites for hydroxylation is 1. The highest BCUT2D eigenvalue weighted by Gasteiger charge is 2.17. The van der Waals surface area contributed by atoms with Crippen LogP contribution in [0.15, 0.2) is 24.3 Å². The molecule has 0 aromatic heterocycles. The number of likely N-dealkylation sites (N-methyl/N-ethyl adjacent to an activating group) is 2. The summed E-state index contributed by atoms with van der Waals surface area (Å²) in [7, 11) is 4.19. The van der Waals surface area contributed by atoms with Gasteiger partial charge in [-0.3, -0.25) is 0 Å². The van der Waals surface area contributed by atoms with Crippen molar-refractivity contribution in [3.63, 3.8) is 0 Å². The molecule has 0 heterocycles. The molecule has 0 aliphatic rings. The van der Waals surface area contributed by atoms with E-state index < -0.39 is 0 Å². The molecule has 0 spiro atoms. The number of nitrogens with zero attached hydrogens (tertiary/aromatic N) is 1. The minimum Gasteiger partial charge on any atom is -0.314 e. The lowest BCUT2D eigenvalue weighted by atomic mass is 10.0.